The standard InChI is InChI=1S/C17H20ClN3O4S/c1-12(17(22)20-11-13-5-4-8-19-10-13)21(26(3,23)24)14-6-7-16(25-2)15(18)9-14/h4-10,12H,11H2,1-3H3,(H,20,22). The van der Waals surface area contributed by atoms with Crippen LogP contribution in [0.15, 0.2) is 42.7 Å². The summed E-state index contributed by atoms with van der Waals surface area (Å²) in [4.78, 5) is 16.5. The fourth-order valence-corrected chi connectivity index (χ4v) is 3.86. The van der Waals surface area contributed by atoms with Gasteiger partial charge in [0.1, 0.15) is 11.8 Å². The molecule has 0 fully saturated rings. The maximum Gasteiger partial charge on any atom is 0.243 e. The van der Waals surface area contributed by atoms with E-state index in [9.17, 15) is 13.2 Å². The van der Waals surface area contributed by atoms with Crippen LogP contribution >= 0.6 is 11.6 Å². The van der Waals surface area contributed by atoms with Crippen LogP contribution in [0.3, 0.4) is 0 Å². The maximum absolute atomic E-state index is 12.5. The van der Waals surface area contributed by atoms with Gasteiger partial charge in [-0.1, -0.05) is 17.7 Å². The Labute approximate surface area is 158 Å². The van der Waals surface area contributed by atoms with Crippen molar-refractivity contribution in [3.63, 3.8) is 0 Å². The van der Waals surface area contributed by atoms with Gasteiger partial charge in [-0.15, -0.1) is 0 Å². The Balaban J connectivity index is 2.23. The lowest BCUT2D eigenvalue weighted by molar-refractivity contribution is -0.122. The highest BCUT2D eigenvalue weighted by molar-refractivity contribution is 7.92. The second-order valence-electron chi connectivity index (χ2n) is 5.63. The van der Waals surface area contributed by atoms with Crippen molar-refractivity contribution >= 4 is 33.2 Å². The third-order valence-corrected chi connectivity index (χ3v) is 5.20. The minimum Gasteiger partial charge on any atom is -0.495 e. The third kappa shape index (κ3) is 4.86. The summed E-state index contributed by atoms with van der Waals surface area (Å²) in [7, 11) is -2.26. The molecule has 2 rings (SSSR count). The van der Waals surface area contributed by atoms with Gasteiger partial charge in [0.05, 0.1) is 24.1 Å². The van der Waals surface area contributed by atoms with E-state index in [-0.39, 0.29) is 17.3 Å². The van der Waals surface area contributed by atoms with E-state index in [1.54, 1.807) is 24.5 Å². The number of sulfonamides is 1. The molecule has 0 spiro atoms. The van der Waals surface area contributed by atoms with Gasteiger partial charge in [0.15, 0.2) is 0 Å². The highest BCUT2D eigenvalue weighted by atomic mass is 35.5. The maximum atomic E-state index is 12.5. The second kappa shape index (κ2) is 8.37. The molecule has 2 aromatic rings. The topological polar surface area (TPSA) is 88.6 Å². The van der Waals surface area contributed by atoms with Crippen LogP contribution in [0, 0.1) is 0 Å². The van der Waals surface area contributed by atoms with E-state index in [1.807, 2.05) is 6.07 Å². The Bertz CT molecular complexity index is 875. The summed E-state index contributed by atoms with van der Waals surface area (Å²) < 4.78 is 30.7. The van der Waals surface area contributed by atoms with E-state index < -0.39 is 22.0 Å². The number of methoxy groups -OCH3 is 1. The number of amides is 1. The van der Waals surface area contributed by atoms with Crippen LogP contribution in [0.4, 0.5) is 5.69 Å². The van der Waals surface area contributed by atoms with Crippen LogP contribution in [-0.2, 0) is 21.4 Å². The van der Waals surface area contributed by atoms with Gasteiger partial charge in [-0.2, -0.15) is 0 Å². The molecule has 26 heavy (non-hydrogen) atoms. The van der Waals surface area contributed by atoms with E-state index in [4.69, 9.17) is 16.3 Å². The number of aromatic nitrogens is 1. The van der Waals surface area contributed by atoms with E-state index in [0.29, 0.717) is 5.75 Å². The normalized spacial score (nSPS) is 12.3. The van der Waals surface area contributed by atoms with Crippen LogP contribution < -0.4 is 14.4 Å². The molecule has 0 bridgehead atoms. The number of halogens is 1. The summed E-state index contributed by atoms with van der Waals surface area (Å²) in [5, 5.41) is 2.97. The average molecular weight is 398 g/mol. The van der Waals surface area contributed by atoms with Crippen molar-refractivity contribution in [2.24, 2.45) is 0 Å². The first-order valence-electron chi connectivity index (χ1n) is 7.73. The highest BCUT2D eigenvalue weighted by Crippen LogP contribution is 2.31. The molecule has 1 aromatic carbocycles. The van der Waals surface area contributed by atoms with Gasteiger partial charge < -0.3 is 10.1 Å². The first kappa shape index (κ1) is 20.0. The summed E-state index contributed by atoms with van der Waals surface area (Å²) in [6.45, 7) is 1.76. The Morgan fingerprint density at radius 1 is 1.38 bits per heavy atom. The summed E-state index contributed by atoms with van der Waals surface area (Å²) in [5.74, 6) is -0.0243. The fourth-order valence-electron chi connectivity index (χ4n) is 2.44. The van der Waals surface area contributed by atoms with Gasteiger partial charge in [-0.3, -0.25) is 14.1 Å². The number of nitrogens with zero attached hydrogens (tertiary/aromatic N) is 2. The molecule has 0 aliphatic heterocycles. The summed E-state index contributed by atoms with van der Waals surface area (Å²) >= 11 is 6.10. The summed E-state index contributed by atoms with van der Waals surface area (Å²) in [6.07, 6.45) is 4.30. The second-order valence-corrected chi connectivity index (χ2v) is 7.90. The molecule has 1 atom stereocenters. The predicted molar refractivity (Wildman–Crippen MR) is 101 cm³/mol. The van der Waals surface area contributed by atoms with Gasteiger partial charge in [-0.25, -0.2) is 8.42 Å². The molecule has 0 aliphatic carbocycles. The number of nitrogens with one attached hydrogen (secondary N) is 1. The number of rotatable bonds is 7. The third-order valence-electron chi connectivity index (χ3n) is 3.67. The Kier molecular flexibility index (Phi) is 6.44. The minimum atomic E-state index is -3.72. The van der Waals surface area contributed by atoms with Crippen molar-refractivity contribution in [1.29, 1.82) is 0 Å². The molecule has 0 saturated carbocycles. The number of hydrogen-bond acceptors (Lipinski definition) is 5. The Morgan fingerprint density at radius 2 is 2.12 bits per heavy atom. The van der Waals surface area contributed by atoms with Gasteiger partial charge in [0.2, 0.25) is 15.9 Å². The van der Waals surface area contributed by atoms with Gasteiger partial charge in [-0.05, 0) is 36.8 Å². The molecule has 1 heterocycles. The average Bonchev–Trinajstić information content (AvgIpc) is 2.59. The van der Waals surface area contributed by atoms with E-state index >= 15 is 0 Å². The van der Waals surface area contributed by atoms with Crippen LogP contribution in [0.1, 0.15) is 12.5 Å². The van der Waals surface area contributed by atoms with E-state index in [0.717, 1.165) is 16.1 Å². The smallest absolute Gasteiger partial charge is 0.243 e. The molecule has 0 radical (unpaired) electrons. The number of pyridine rings is 1. The Hall–Kier alpha value is -2.32. The fraction of sp³-hybridized carbons (Fsp3) is 0.294. The molecule has 1 aromatic heterocycles. The molecule has 0 saturated heterocycles. The number of benzene rings is 1. The van der Waals surface area contributed by atoms with Crippen molar-refractivity contribution in [2.45, 2.75) is 19.5 Å². The largest absolute Gasteiger partial charge is 0.495 e. The van der Waals surface area contributed by atoms with Crippen molar-refractivity contribution in [1.82, 2.24) is 10.3 Å². The molecule has 1 N–H and O–H groups in total. The number of carbonyl (C=O) groups excluding carboxylic acids is 1. The molecule has 1 unspecified atom stereocenters. The lowest BCUT2D eigenvalue weighted by atomic mass is 10.2. The summed E-state index contributed by atoms with van der Waals surface area (Å²) in [6, 6.07) is 7.15. The lowest BCUT2D eigenvalue weighted by Gasteiger charge is -2.28. The number of hydrogen-bond donors (Lipinski definition) is 1. The number of anilines is 1. The molecule has 9 heteroatoms. The molecule has 0 aliphatic rings. The molecule has 1 amide bonds. The van der Waals surface area contributed by atoms with Crippen molar-refractivity contribution in [3.05, 3.63) is 53.3 Å². The SMILES string of the molecule is COc1ccc(N(C(C)C(=O)NCc2cccnc2)S(C)(=O)=O)cc1Cl. The van der Waals surface area contributed by atoms with Crippen molar-refractivity contribution < 1.29 is 17.9 Å². The molecular formula is C17H20ClN3O4S. The van der Waals surface area contributed by atoms with E-state index in [1.165, 1.54) is 26.2 Å². The number of ether oxygens (including phenoxy) is 1. The highest BCUT2D eigenvalue weighted by Gasteiger charge is 2.29. The summed E-state index contributed by atoms with van der Waals surface area (Å²) in [5.41, 5.74) is 1.09. The molecule has 140 valence electrons. The van der Waals surface area contributed by atoms with Crippen molar-refractivity contribution in [3.8, 4) is 5.75 Å². The van der Waals surface area contributed by atoms with Crippen LogP contribution in [0.25, 0.3) is 0 Å². The predicted octanol–water partition coefficient (Wildman–Crippen LogP) is 2.21. The Morgan fingerprint density at radius 3 is 2.65 bits per heavy atom. The van der Waals surface area contributed by atoms with Gasteiger partial charge >= 0.3 is 0 Å². The molecular weight excluding hydrogens is 378 g/mol. The van der Waals surface area contributed by atoms with Crippen LogP contribution in [-0.4, -0.2) is 38.7 Å². The zero-order chi connectivity index (χ0) is 19.3. The van der Waals surface area contributed by atoms with Gasteiger partial charge in [0, 0.05) is 18.9 Å². The van der Waals surface area contributed by atoms with E-state index in [2.05, 4.69) is 10.3 Å². The number of carbonyl (C=O) groups is 1. The lowest BCUT2D eigenvalue weighted by Crippen LogP contribution is -2.47. The first-order valence-corrected chi connectivity index (χ1v) is 9.96. The minimum absolute atomic E-state index is 0.248. The first-order chi connectivity index (χ1) is 12.2. The van der Waals surface area contributed by atoms with Crippen molar-refractivity contribution in [2.75, 3.05) is 17.7 Å². The molecule has 7 nitrogen and oxygen atoms in total. The van der Waals surface area contributed by atoms with Gasteiger partial charge in [0.25, 0.3) is 0 Å². The monoisotopic (exact) mass is 397 g/mol. The van der Waals surface area contributed by atoms with Crippen LogP contribution in [0.5, 0.6) is 5.75 Å². The quantitative estimate of drug-likeness (QED) is 0.773. The zero-order valence-electron chi connectivity index (χ0n) is 14.6. The van der Waals surface area contributed by atoms with Crippen LogP contribution in [0.2, 0.25) is 5.02 Å². The zero-order valence-corrected chi connectivity index (χ0v) is 16.2.